The summed E-state index contributed by atoms with van der Waals surface area (Å²) in [6.07, 6.45) is 5.43. The summed E-state index contributed by atoms with van der Waals surface area (Å²) in [5, 5.41) is 0. The fourth-order valence-electron chi connectivity index (χ4n) is 2.78. The Hall–Kier alpha value is -2.29. The second kappa shape index (κ2) is 6.22. The van der Waals surface area contributed by atoms with Crippen LogP contribution in [0.5, 0.6) is 0 Å². The lowest BCUT2D eigenvalue weighted by Crippen LogP contribution is -2.00. The van der Waals surface area contributed by atoms with E-state index in [1.165, 1.54) is 23.4 Å². The molecule has 0 amide bonds. The quantitative estimate of drug-likeness (QED) is 0.780. The summed E-state index contributed by atoms with van der Waals surface area (Å²) < 4.78 is 13.2. The molecule has 22 heavy (non-hydrogen) atoms. The molecule has 3 heteroatoms. The highest BCUT2D eigenvalue weighted by molar-refractivity contribution is 6.10. The van der Waals surface area contributed by atoms with Crippen molar-refractivity contribution in [3.63, 3.8) is 0 Å². The van der Waals surface area contributed by atoms with Gasteiger partial charge in [-0.05, 0) is 59.9 Å². The zero-order valence-corrected chi connectivity index (χ0v) is 12.9. The number of halogens is 1. The third-order valence-corrected chi connectivity index (χ3v) is 3.73. The van der Waals surface area contributed by atoms with Gasteiger partial charge in [-0.1, -0.05) is 13.8 Å². The summed E-state index contributed by atoms with van der Waals surface area (Å²) in [4.78, 5) is 8.92. The molecule has 0 fully saturated rings. The van der Waals surface area contributed by atoms with Crippen molar-refractivity contribution in [2.24, 2.45) is 10.9 Å². The Morgan fingerprint density at radius 2 is 1.68 bits per heavy atom. The average Bonchev–Trinajstić information content (AvgIpc) is 2.92. The third-order valence-electron chi connectivity index (χ3n) is 3.73. The summed E-state index contributed by atoms with van der Waals surface area (Å²) in [6.45, 7) is 4.40. The van der Waals surface area contributed by atoms with Crippen LogP contribution in [0.2, 0.25) is 0 Å². The maximum absolute atomic E-state index is 13.2. The van der Waals surface area contributed by atoms with Crippen LogP contribution in [0.25, 0.3) is 11.3 Å². The Morgan fingerprint density at radius 1 is 1.00 bits per heavy atom. The van der Waals surface area contributed by atoms with E-state index in [0.29, 0.717) is 5.92 Å². The van der Waals surface area contributed by atoms with Crippen LogP contribution in [-0.4, -0.2) is 10.7 Å². The molecule has 3 rings (SSSR count). The lowest BCUT2D eigenvalue weighted by molar-refractivity contribution is 0.627. The maximum Gasteiger partial charge on any atom is 0.123 e. The molecule has 2 aromatic rings. The number of pyridine rings is 1. The summed E-state index contributed by atoms with van der Waals surface area (Å²) in [6, 6.07) is 10.6. The Balaban J connectivity index is 2.03. The highest BCUT2D eigenvalue weighted by Crippen LogP contribution is 2.36. The summed E-state index contributed by atoms with van der Waals surface area (Å²) >= 11 is 0. The number of hydrogen-bond donors (Lipinski definition) is 0. The molecule has 1 aromatic heterocycles. The molecule has 0 atom stereocenters. The van der Waals surface area contributed by atoms with Crippen LogP contribution in [-0.2, 0) is 0 Å². The summed E-state index contributed by atoms with van der Waals surface area (Å²) in [5.74, 6) is 0.351. The predicted octanol–water partition coefficient (Wildman–Crippen LogP) is 4.98. The van der Waals surface area contributed by atoms with E-state index in [1.54, 1.807) is 24.5 Å². The van der Waals surface area contributed by atoms with Crippen LogP contribution in [0.3, 0.4) is 0 Å². The SMILES string of the molecule is CC(C)CC1=NC(c2ccc(F)cc2)=C(c2ccncc2)C1. The van der Waals surface area contributed by atoms with Gasteiger partial charge in [0.25, 0.3) is 0 Å². The van der Waals surface area contributed by atoms with E-state index in [2.05, 4.69) is 18.8 Å². The van der Waals surface area contributed by atoms with E-state index in [-0.39, 0.29) is 5.82 Å². The number of rotatable bonds is 4. The van der Waals surface area contributed by atoms with Gasteiger partial charge in [-0.2, -0.15) is 0 Å². The van der Waals surface area contributed by atoms with E-state index in [0.717, 1.165) is 29.7 Å². The fourth-order valence-corrected chi connectivity index (χ4v) is 2.78. The van der Waals surface area contributed by atoms with Gasteiger partial charge < -0.3 is 0 Å². The fraction of sp³-hybridized carbons (Fsp3) is 0.263. The molecular formula is C19H19FN2. The van der Waals surface area contributed by atoms with Crippen LogP contribution in [0, 0.1) is 11.7 Å². The molecule has 2 nitrogen and oxygen atoms in total. The van der Waals surface area contributed by atoms with E-state index in [1.807, 2.05) is 12.1 Å². The van der Waals surface area contributed by atoms with Crippen molar-refractivity contribution in [1.29, 1.82) is 0 Å². The zero-order chi connectivity index (χ0) is 15.5. The molecule has 0 unspecified atom stereocenters. The standard InChI is InChI=1S/C19H19FN2/c1-13(2)11-17-12-18(14-7-9-21-10-8-14)19(22-17)15-3-5-16(20)6-4-15/h3-10,13H,11-12H2,1-2H3. The van der Waals surface area contributed by atoms with Gasteiger partial charge in [0.1, 0.15) is 5.82 Å². The minimum Gasteiger partial charge on any atom is -0.265 e. The second-order valence-electron chi connectivity index (χ2n) is 6.02. The van der Waals surface area contributed by atoms with Gasteiger partial charge in [0.2, 0.25) is 0 Å². The monoisotopic (exact) mass is 294 g/mol. The molecule has 0 bridgehead atoms. The second-order valence-corrected chi connectivity index (χ2v) is 6.02. The molecule has 0 saturated carbocycles. The largest absolute Gasteiger partial charge is 0.265 e. The van der Waals surface area contributed by atoms with Crippen molar-refractivity contribution in [2.45, 2.75) is 26.7 Å². The van der Waals surface area contributed by atoms with Gasteiger partial charge in [-0.15, -0.1) is 0 Å². The Bertz CT molecular complexity index is 713. The maximum atomic E-state index is 13.2. The molecule has 0 radical (unpaired) electrons. The van der Waals surface area contributed by atoms with Crippen molar-refractivity contribution in [2.75, 3.05) is 0 Å². The average molecular weight is 294 g/mol. The molecule has 2 heterocycles. The number of aliphatic imine (C=N–C) groups is 1. The first-order valence-electron chi connectivity index (χ1n) is 7.59. The zero-order valence-electron chi connectivity index (χ0n) is 12.9. The van der Waals surface area contributed by atoms with Gasteiger partial charge in [-0.25, -0.2) is 4.39 Å². The number of aromatic nitrogens is 1. The molecular weight excluding hydrogens is 275 g/mol. The minimum absolute atomic E-state index is 0.223. The van der Waals surface area contributed by atoms with Gasteiger partial charge in [0.05, 0.1) is 5.70 Å². The summed E-state index contributed by atoms with van der Waals surface area (Å²) in [5.41, 5.74) is 5.46. The molecule has 0 aliphatic carbocycles. The van der Waals surface area contributed by atoms with Crippen LogP contribution in [0.1, 0.15) is 37.8 Å². The molecule has 1 aromatic carbocycles. The van der Waals surface area contributed by atoms with Crippen LogP contribution in [0.4, 0.5) is 4.39 Å². The minimum atomic E-state index is -0.223. The van der Waals surface area contributed by atoms with Crippen molar-refractivity contribution >= 4 is 17.0 Å². The number of hydrogen-bond acceptors (Lipinski definition) is 2. The lowest BCUT2D eigenvalue weighted by Gasteiger charge is -2.07. The molecule has 1 aliphatic heterocycles. The normalized spacial score (nSPS) is 14.6. The van der Waals surface area contributed by atoms with Crippen LogP contribution < -0.4 is 0 Å². The van der Waals surface area contributed by atoms with Crippen molar-refractivity contribution in [1.82, 2.24) is 4.98 Å². The van der Waals surface area contributed by atoms with E-state index >= 15 is 0 Å². The summed E-state index contributed by atoms with van der Waals surface area (Å²) in [7, 11) is 0. The molecule has 0 N–H and O–H groups in total. The van der Waals surface area contributed by atoms with Gasteiger partial charge >= 0.3 is 0 Å². The Morgan fingerprint density at radius 3 is 2.32 bits per heavy atom. The van der Waals surface area contributed by atoms with E-state index in [9.17, 15) is 4.39 Å². The first kappa shape index (κ1) is 14.6. The van der Waals surface area contributed by atoms with E-state index < -0.39 is 0 Å². The Kier molecular flexibility index (Phi) is 4.14. The highest BCUT2D eigenvalue weighted by Gasteiger charge is 2.21. The molecule has 1 aliphatic rings. The number of benzene rings is 1. The van der Waals surface area contributed by atoms with Gasteiger partial charge in [0.15, 0.2) is 0 Å². The predicted molar refractivity (Wildman–Crippen MR) is 89.0 cm³/mol. The lowest BCUT2D eigenvalue weighted by atomic mass is 9.96. The third kappa shape index (κ3) is 3.14. The first-order chi connectivity index (χ1) is 10.6. The van der Waals surface area contributed by atoms with Gasteiger partial charge in [-0.3, -0.25) is 9.98 Å². The smallest absolute Gasteiger partial charge is 0.123 e. The number of nitrogens with zero attached hydrogens (tertiary/aromatic N) is 2. The number of allylic oxidation sites excluding steroid dienone is 1. The topological polar surface area (TPSA) is 25.2 Å². The van der Waals surface area contributed by atoms with Gasteiger partial charge in [0, 0.05) is 30.1 Å². The molecule has 0 spiro atoms. The van der Waals surface area contributed by atoms with Crippen molar-refractivity contribution in [3.05, 3.63) is 65.7 Å². The van der Waals surface area contributed by atoms with Crippen LogP contribution >= 0.6 is 0 Å². The molecule has 0 saturated heterocycles. The van der Waals surface area contributed by atoms with Crippen LogP contribution in [0.15, 0.2) is 53.8 Å². The Labute approximate surface area is 130 Å². The van der Waals surface area contributed by atoms with Crippen molar-refractivity contribution in [3.8, 4) is 0 Å². The molecule has 112 valence electrons. The first-order valence-corrected chi connectivity index (χ1v) is 7.59. The van der Waals surface area contributed by atoms with Crippen molar-refractivity contribution < 1.29 is 4.39 Å². The van der Waals surface area contributed by atoms with E-state index in [4.69, 9.17) is 4.99 Å². The highest BCUT2D eigenvalue weighted by atomic mass is 19.1.